The van der Waals surface area contributed by atoms with Crippen LogP contribution in [0.5, 0.6) is 0 Å². The van der Waals surface area contributed by atoms with E-state index < -0.39 is 11.7 Å². The first-order chi connectivity index (χ1) is 18.8. The molecule has 3 aromatic heterocycles. The van der Waals surface area contributed by atoms with E-state index in [9.17, 15) is 18.0 Å². The molecular formula is C29H25F3N6O. The molecule has 1 N–H and O–H groups in total. The summed E-state index contributed by atoms with van der Waals surface area (Å²) in [5.74, 6) is 1.24. The number of amides is 1. The monoisotopic (exact) mass is 530 g/mol. The maximum absolute atomic E-state index is 13.5. The minimum absolute atomic E-state index is 0.178. The second-order valence-electron chi connectivity index (χ2n) is 10.6. The van der Waals surface area contributed by atoms with Crippen molar-refractivity contribution in [3.8, 4) is 22.5 Å². The SMILES string of the molecule is O=C(C1CC1)N1CC[C@H](Cn2c(-c3ccc(-c4cnc5[nH]ncc5c4)cc3)nc3cc(C(F)(F)F)ccc32)C1. The Bertz CT molecular complexity index is 1700. The fourth-order valence-corrected chi connectivity index (χ4v) is 5.55. The molecule has 2 aliphatic rings. The van der Waals surface area contributed by atoms with E-state index in [1.165, 1.54) is 6.07 Å². The van der Waals surface area contributed by atoms with Crippen molar-refractivity contribution in [3.05, 3.63) is 66.5 Å². The molecule has 198 valence electrons. The van der Waals surface area contributed by atoms with Gasteiger partial charge in [-0.25, -0.2) is 9.97 Å². The average molecular weight is 531 g/mol. The van der Waals surface area contributed by atoms with Gasteiger partial charge in [0.25, 0.3) is 0 Å². The number of carbonyl (C=O) groups is 1. The van der Waals surface area contributed by atoms with Crippen LogP contribution in [0.1, 0.15) is 24.8 Å². The maximum atomic E-state index is 13.5. The van der Waals surface area contributed by atoms with Crippen LogP contribution >= 0.6 is 0 Å². The fraction of sp³-hybridized carbons (Fsp3) is 0.310. The fourth-order valence-electron chi connectivity index (χ4n) is 5.55. The Morgan fingerprint density at radius 3 is 2.54 bits per heavy atom. The zero-order valence-corrected chi connectivity index (χ0v) is 20.9. The Labute approximate surface area is 221 Å². The molecule has 0 radical (unpaired) electrons. The predicted molar refractivity (Wildman–Crippen MR) is 140 cm³/mol. The van der Waals surface area contributed by atoms with E-state index in [2.05, 4.69) is 20.2 Å². The van der Waals surface area contributed by atoms with E-state index in [1.54, 1.807) is 12.4 Å². The van der Waals surface area contributed by atoms with E-state index in [1.807, 2.05) is 39.8 Å². The smallest absolute Gasteiger partial charge is 0.342 e. The summed E-state index contributed by atoms with van der Waals surface area (Å²) in [6, 6.07) is 13.6. The highest BCUT2D eigenvalue weighted by Crippen LogP contribution is 2.36. The molecular weight excluding hydrogens is 505 g/mol. The molecule has 2 fully saturated rings. The molecule has 1 aliphatic carbocycles. The number of rotatable bonds is 5. The molecule has 1 saturated heterocycles. The van der Waals surface area contributed by atoms with Crippen molar-refractivity contribution in [1.82, 2.24) is 29.6 Å². The Hall–Kier alpha value is -4.21. The molecule has 0 spiro atoms. The van der Waals surface area contributed by atoms with Crippen LogP contribution in [0, 0.1) is 11.8 Å². The van der Waals surface area contributed by atoms with Crippen LogP contribution in [0.2, 0.25) is 0 Å². The number of H-pyrrole nitrogens is 1. The molecule has 1 aliphatic heterocycles. The summed E-state index contributed by atoms with van der Waals surface area (Å²) >= 11 is 0. The largest absolute Gasteiger partial charge is 0.416 e. The molecule has 7 nitrogen and oxygen atoms in total. The second kappa shape index (κ2) is 8.93. The third kappa shape index (κ3) is 4.43. The summed E-state index contributed by atoms with van der Waals surface area (Å²) < 4.78 is 42.4. The molecule has 1 atom stereocenters. The van der Waals surface area contributed by atoms with Gasteiger partial charge in [0, 0.05) is 48.3 Å². The Kier molecular flexibility index (Phi) is 5.47. The van der Waals surface area contributed by atoms with Crippen molar-refractivity contribution in [2.24, 2.45) is 11.8 Å². The van der Waals surface area contributed by atoms with Gasteiger partial charge in [-0.15, -0.1) is 0 Å². The molecule has 0 unspecified atom stereocenters. The van der Waals surface area contributed by atoms with Crippen molar-refractivity contribution < 1.29 is 18.0 Å². The number of hydrogen-bond donors (Lipinski definition) is 1. The van der Waals surface area contributed by atoms with E-state index >= 15 is 0 Å². The van der Waals surface area contributed by atoms with Gasteiger partial charge in [-0.3, -0.25) is 9.89 Å². The number of nitrogens with one attached hydrogen (secondary N) is 1. The van der Waals surface area contributed by atoms with Crippen LogP contribution in [-0.4, -0.2) is 48.6 Å². The van der Waals surface area contributed by atoms with Crippen LogP contribution in [0.25, 0.3) is 44.6 Å². The number of halogens is 3. The van der Waals surface area contributed by atoms with Gasteiger partial charge < -0.3 is 9.47 Å². The van der Waals surface area contributed by atoms with Crippen molar-refractivity contribution in [1.29, 1.82) is 0 Å². The minimum Gasteiger partial charge on any atom is -0.342 e. The van der Waals surface area contributed by atoms with Gasteiger partial charge in [0.15, 0.2) is 5.65 Å². The number of aromatic amines is 1. The third-order valence-corrected chi connectivity index (χ3v) is 7.81. The number of hydrogen-bond acceptors (Lipinski definition) is 4. The predicted octanol–water partition coefficient (Wildman–Crippen LogP) is 5.92. The van der Waals surface area contributed by atoms with E-state index in [-0.39, 0.29) is 17.7 Å². The summed E-state index contributed by atoms with van der Waals surface area (Å²) in [5, 5.41) is 7.77. The quantitative estimate of drug-likeness (QED) is 0.306. The normalized spacial score (nSPS) is 17.9. The summed E-state index contributed by atoms with van der Waals surface area (Å²) in [7, 11) is 0. The number of imidazole rings is 1. The van der Waals surface area contributed by atoms with Gasteiger partial charge in [0.2, 0.25) is 5.91 Å². The molecule has 10 heteroatoms. The number of nitrogens with zero attached hydrogens (tertiary/aromatic N) is 5. The first-order valence-corrected chi connectivity index (χ1v) is 13.1. The average Bonchev–Trinajstić information content (AvgIpc) is 3.33. The lowest BCUT2D eigenvalue weighted by atomic mass is 10.0. The minimum atomic E-state index is -4.45. The number of fused-ring (bicyclic) bond motifs is 2. The molecule has 5 aromatic rings. The van der Waals surface area contributed by atoms with Gasteiger partial charge >= 0.3 is 6.18 Å². The van der Waals surface area contributed by atoms with Gasteiger partial charge in [0.1, 0.15) is 5.82 Å². The highest BCUT2D eigenvalue weighted by Gasteiger charge is 2.37. The van der Waals surface area contributed by atoms with Crippen molar-refractivity contribution >= 4 is 28.0 Å². The second-order valence-corrected chi connectivity index (χ2v) is 10.6. The Balaban J connectivity index is 1.24. The maximum Gasteiger partial charge on any atom is 0.416 e. The van der Waals surface area contributed by atoms with Crippen LogP contribution in [0.15, 0.2) is 60.9 Å². The zero-order chi connectivity index (χ0) is 26.7. The number of aromatic nitrogens is 5. The molecule has 4 heterocycles. The van der Waals surface area contributed by atoms with Crippen molar-refractivity contribution in [2.75, 3.05) is 13.1 Å². The number of benzene rings is 2. The van der Waals surface area contributed by atoms with Crippen LogP contribution in [0.3, 0.4) is 0 Å². The van der Waals surface area contributed by atoms with E-state index in [4.69, 9.17) is 0 Å². The summed E-state index contributed by atoms with van der Waals surface area (Å²) in [4.78, 5) is 23.6. The van der Waals surface area contributed by atoms with Gasteiger partial charge in [-0.1, -0.05) is 24.3 Å². The number of alkyl halides is 3. The lowest BCUT2D eigenvalue weighted by Crippen LogP contribution is -2.30. The first kappa shape index (κ1) is 23.9. The van der Waals surface area contributed by atoms with Crippen LogP contribution < -0.4 is 0 Å². The number of pyridine rings is 1. The van der Waals surface area contributed by atoms with Gasteiger partial charge in [0.05, 0.1) is 22.8 Å². The lowest BCUT2D eigenvalue weighted by Gasteiger charge is -2.18. The third-order valence-electron chi connectivity index (χ3n) is 7.81. The summed E-state index contributed by atoms with van der Waals surface area (Å²) in [6.45, 7) is 1.97. The molecule has 1 saturated carbocycles. The zero-order valence-electron chi connectivity index (χ0n) is 20.9. The standard InChI is InChI=1S/C29H25F3N6O/c30-29(31,32)23-7-8-25-24(12-23)35-27(38(25)16-17-9-10-37(15-17)28(39)20-5-6-20)19-3-1-18(2-4-19)21-11-22-14-34-36-26(22)33-13-21/h1-4,7-8,11-14,17,20H,5-6,9-10,15-16H2,(H,33,34,36)/t17-/m0/s1. The van der Waals surface area contributed by atoms with Crippen LogP contribution in [0.4, 0.5) is 13.2 Å². The molecule has 2 aromatic carbocycles. The molecule has 0 bridgehead atoms. The Morgan fingerprint density at radius 1 is 0.974 bits per heavy atom. The molecule has 39 heavy (non-hydrogen) atoms. The first-order valence-electron chi connectivity index (χ1n) is 13.1. The van der Waals surface area contributed by atoms with E-state index in [0.717, 1.165) is 60.0 Å². The van der Waals surface area contributed by atoms with Crippen molar-refractivity contribution in [3.63, 3.8) is 0 Å². The van der Waals surface area contributed by atoms with E-state index in [0.29, 0.717) is 35.6 Å². The summed E-state index contributed by atoms with van der Waals surface area (Å²) in [5.41, 5.74) is 3.67. The Morgan fingerprint density at radius 2 is 1.77 bits per heavy atom. The van der Waals surface area contributed by atoms with Crippen LogP contribution in [-0.2, 0) is 17.5 Å². The van der Waals surface area contributed by atoms with Crippen molar-refractivity contribution in [2.45, 2.75) is 32.0 Å². The van der Waals surface area contributed by atoms with Gasteiger partial charge in [-0.05, 0) is 55.0 Å². The molecule has 7 rings (SSSR count). The topological polar surface area (TPSA) is 79.7 Å². The summed E-state index contributed by atoms with van der Waals surface area (Å²) in [6.07, 6.45) is 1.86. The van der Waals surface area contributed by atoms with Gasteiger partial charge in [-0.2, -0.15) is 18.3 Å². The number of likely N-dealkylation sites (tertiary alicyclic amines) is 1. The highest BCUT2D eigenvalue weighted by atomic mass is 19.4. The highest BCUT2D eigenvalue weighted by molar-refractivity contribution is 5.84. The molecule has 1 amide bonds. The number of carbonyl (C=O) groups excluding carboxylic acids is 1. The lowest BCUT2D eigenvalue weighted by molar-refractivity contribution is -0.137.